The summed E-state index contributed by atoms with van der Waals surface area (Å²) in [5, 5.41) is 13.6. The minimum Gasteiger partial charge on any atom is -0.272 e. The first kappa shape index (κ1) is 23.4. The van der Waals surface area contributed by atoms with Crippen LogP contribution in [0.15, 0.2) is 98.1 Å². The van der Waals surface area contributed by atoms with Crippen molar-refractivity contribution < 1.29 is 4.79 Å². The van der Waals surface area contributed by atoms with Gasteiger partial charge < -0.3 is 0 Å². The molecule has 0 saturated heterocycles. The van der Waals surface area contributed by atoms with Gasteiger partial charge in [0.15, 0.2) is 11.0 Å². The molecule has 0 aliphatic rings. The molecule has 166 valence electrons. The number of halogens is 2. The molecule has 1 amide bonds. The maximum absolute atomic E-state index is 12.5. The van der Waals surface area contributed by atoms with Crippen LogP contribution in [0.25, 0.3) is 17.1 Å². The molecular weight excluding hydrogens is 566 g/mol. The van der Waals surface area contributed by atoms with Crippen LogP contribution in [0.3, 0.4) is 0 Å². The molecule has 0 atom stereocenters. The van der Waals surface area contributed by atoms with Gasteiger partial charge in [-0.15, -0.1) is 10.2 Å². The molecule has 1 heterocycles. The SMILES string of the molecule is C/C(=N/NC(=O)CSc1nnc(-c2ccc(Br)cc2)n1-c1ccccc1)c1ccc(Br)cc1. The van der Waals surface area contributed by atoms with E-state index >= 15 is 0 Å². The Bertz CT molecular complexity index is 1270. The molecule has 0 aliphatic heterocycles. The van der Waals surface area contributed by atoms with Crippen LogP contribution in [0.4, 0.5) is 0 Å². The van der Waals surface area contributed by atoms with Gasteiger partial charge in [0.05, 0.1) is 11.5 Å². The number of aromatic nitrogens is 3. The van der Waals surface area contributed by atoms with Gasteiger partial charge in [0, 0.05) is 20.2 Å². The lowest BCUT2D eigenvalue weighted by atomic mass is 10.1. The van der Waals surface area contributed by atoms with Gasteiger partial charge in [0.25, 0.3) is 5.91 Å². The second-order valence-electron chi connectivity index (χ2n) is 7.01. The predicted octanol–water partition coefficient (Wildman–Crippen LogP) is 6.09. The van der Waals surface area contributed by atoms with Gasteiger partial charge in [0.1, 0.15) is 0 Å². The van der Waals surface area contributed by atoms with Gasteiger partial charge in [-0.05, 0) is 48.9 Å². The third-order valence-corrected chi connectivity index (χ3v) is 6.68. The maximum atomic E-state index is 12.5. The topological polar surface area (TPSA) is 72.2 Å². The molecule has 1 aromatic heterocycles. The van der Waals surface area contributed by atoms with E-state index in [0.29, 0.717) is 11.0 Å². The van der Waals surface area contributed by atoms with Crippen LogP contribution in [0.5, 0.6) is 0 Å². The van der Waals surface area contributed by atoms with E-state index in [9.17, 15) is 4.79 Å². The summed E-state index contributed by atoms with van der Waals surface area (Å²) in [5.41, 5.74) is 6.14. The minimum absolute atomic E-state index is 0.155. The first-order valence-corrected chi connectivity index (χ1v) is 12.6. The Morgan fingerprint density at radius 2 is 1.58 bits per heavy atom. The number of carbonyl (C=O) groups excluding carboxylic acids is 1. The van der Waals surface area contributed by atoms with Gasteiger partial charge in [-0.3, -0.25) is 9.36 Å². The van der Waals surface area contributed by atoms with E-state index < -0.39 is 0 Å². The number of para-hydroxylation sites is 1. The van der Waals surface area contributed by atoms with E-state index in [0.717, 1.165) is 31.5 Å². The lowest BCUT2D eigenvalue weighted by Crippen LogP contribution is -2.21. The van der Waals surface area contributed by atoms with Gasteiger partial charge in [-0.25, -0.2) is 5.43 Å². The van der Waals surface area contributed by atoms with Crippen molar-refractivity contribution in [2.75, 3.05) is 5.75 Å². The summed E-state index contributed by atoms with van der Waals surface area (Å²) < 4.78 is 3.93. The van der Waals surface area contributed by atoms with E-state index in [2.05, 4.69) is 52.6 Å². The van der Waals surface area contributed by atoms with Crippen LogP contribution in [0.2, 0.25) is 0 Å². The summed E-state index contributed by atoms with van der Waals surface area (Å²) in [7, 11) is 0. The molecule has 4 rings (SSSR count). The van der Waals surface area contributed by atoms with Crippen molar-refractivity contribution in [1.29, 1.82) is 0 Å². The third-order valence-electron chi connectivity index (χ3n) is 4.69. The molecule has 0 spiro atoms. The number of carbonyl (C=O) groups is 1. The molecular formula is C24H19Br2N5OS. The molecule has 0 fully saturated rings. The molecule has 3 aromatic carbocycles. The highest BCUT2D eigenvalue weighted by Crippen LogP contribution is 2.28. The summed E-state index contributed by atoms with van der Waals surface area (Å²) in [6, 6.07) is 25.5. The largest absolute Gasteiger partial charge is 0.272 e. The predicted molar refractivity (Wildman–Crippen MR) is 140 cm³/mol. The molecule has 0 saturated carbocycles. The van der Waals surface area contributed by atoms with Crippen molar-refractivity contribution in [2.45, 2.75) is 12.1 Å². The zero-order valence-corrected chi connectivity index (χ0v) is 21.6. The quantitative estimate of drug-likeness (QED) is 0.162. The van der Waals surface area contributed by atoms with Crippen molar-refractivity contribution in [3.8, 4) is 17.1 Å². The molecule has 6 nitrogen and oxygen atoms in total. The Morgan fingerprint density at radius 3 is 2.24 bits per heavy atom. The van der Waals surface area contributed by atoms with Crippen molar-refractivity contribution in [3.63, 3.8) is 0 Å². The number of nitrogens with zero attached hydrogens (tertiary/aromatic N) is 4. The molecule has 0 unspecified atom stereocenters. The van der Waals surface area contributed by atoms with E-state index in [1.54, 1.807) is 0 Å². The van der Waals surface area contributed by atoms with Gasteiger partial charge in [-0.1, -0.05) is 86.1 Å². The fourth-order valence-corrected chi connectivity index (χ4v) is 4.30. The van der Waals surface area contributed by atoms with Crippen LogP contribution in [-0.2, 0) is 4.79 Å². The van der Waals surface area contributed by atoms with Crippen molar-refractivity contribution >= 4 is 55.2 Å². The fraction of sp³-hybridized carbons (Fsp3) is 0.0833. The van der Waals surface area contributed by atoms with E-state index in [4.69, 9.17) is 0 Å². The first-order chi connectivity index (χ1) is 16.0. The van der Waals surface area contributed by atoms with Crippen LogP contribution < -0.4 is 5.43 Å². The average Bonchev–Trinajstić information content (AvgIpc) is 3.26. The number of rotatable bonds is 7. The zero-order chi connectivity index (χ0) is 23.2. The number of amides is 1. The molecule has 9 heteroatoms. The van der Waals surface area contributed by atoms with E-state index in [1.165, 1.54) is 11.8 Å². The minimum atomic E-state index is -0.218. The lowest BCUT2D eigenvalue weighted by molar-refractivity contribution is -0.118. The number of hydrogen-bond acceptors (Lipinski definition) is 5. The van der Waals surface area contributed by atoms with Gasteiger partial charge >= 0.3 is 0 Å². The lowest BCUT2D eigenvalue weighted by Gasteiger charge is -2.10. The van der Waals surface area contributed by atoms with Gasteiger partial charge in [-0.2, -0.15) is 5.10 Å². The van der Waals surface area contributed by atoms with Crippen LogP contribution in [-0.4, -0.2) is 32.1 Å². The highest BCUT2D eigenvalue weighted by atomic mass is 79.9. The Labute approximate surface area is 212 Å². The summed E-state index contributed by atoms with van der Waals surface area (Å²) in [6.45, 7) is 1.85. The van der Waals surface area contributed by atoms with Crippen LogP contribution >= 0.6 is 43.6 Å². The standard InChI is InChI=1S/C24H19Br2N5OS/c1-16(17-7-11-19(25)12-8-17)27-28-22(32)15-33-24-30-29-23(18-9-13-20(26)14-10-18)31(24)21-5-3-2-4-6-21/h2-14H,15H2,1H3,(H,28,32)/b27-16-. The number of hydrogen-bond donors (Lipinski definition) is 1. The number of benzene rings is 3. The molecule has 1 N–H and O–H groups in total. The Kier molecular flexibility index (Phi) is 7.74. The monoisotopic (exact) mass is 583 g/mol. The zero-order valence-electron chi connectivity index (χ0n) is 17.6. The summed E-state index contributed by atoms with van der Waals surface area (Å²) in [6.07, 6.45) is 0. The normalized spacial score (nSPS) is 11.4. The molecule has 0 radical (unpaired) electrons. The van der Waals surface area contributed by atoms with E-state index in [-0.39, 0.29) is 11.7 Å². The molecule has 33 heavy (non-hydrogen) atoms. The third kappa shape index (κ3) is 5.98. The second kappa shape index (κ2) is 10.9. The van der Waals surface area contributed by atoms with Crippen LogP contribution in [0.1, 0.15) is 12.5 Å². The number of hydrazone groups is 1. The first-order valence-electron chi connectivity index (χ1n) is 10.00. The highest BCUT2D eigenvalue weighted by Gasteiger charge is 2.17. The Morgan fingerprint density at radius 1 is 0.939 bits per heavy atom. The Balaban J connectivity index is 1.51. The fourth-order valence-electron chi connectivity index (χ4n) is 3.02. The number of nitrogens with one attached hydrogen (secondary N) is 1. The van der Waals surface area contributed by atoms with Crippen molar-refractivity contribution in [2.24, 2.45) is 5.10 Å². The molecule has 0 aliphatic carbocycles. The highest BCUT2D eigenvalue weighted by molar-refractivity contribution is 9.10. The Hall–Kier alpha value is -2.75. The smallest absolute Gasteiger partial charge is 0.250 e. The summed E-state index contributed by atoms with van der Waals surface area (Å²) in [5.74, 6) is 0.646. The number of thioether (sulfide) groups is 1. The second-order valence-corrected chi connectivity index (χ2v) is 9.79. The van der Waals surface area contributed by atoms with Crippen molar-refractivity contribution in [1.82, 2.24) is 20.2 Å². The molecule has 4 aromatic rings. The van der Waals surface area contributed by atoms with Crippen molar-refractivity contribution in [3.05, 3.63) is 93.4 Å². The van der Waals surface area contributed by atoms with Gasteiger partial charge in [0.2, 0.25) is 0 Å². The summed E-state index contributed by atoms with van der Waals surface area (Å²) in [4.78, 5) is 12.5. The molecule has 0 bridgehead atoms. The van der Waals surface area contributed by atoms with E-state index in [1.807, 2.05) is 90.4 Å². The maximum Gasteiger partial charge on any atom is 0.250 e. The van der Waals surface area contributed by atoms with Crippen LogP contribution in [0, 0.1) is 0 Å². The summed E-state index contributed by atoms with van der Waals surface area (Å²) >= 11 is 8.19. The average molecular weight is 585 g/mol.